The molecule has 2 aromatic rings. The van der Waals surface area contributed by atoms with Crippen molar-refractivity contribution >= 4 is 29.7 Å². The topological polar surface area (TPSA) is 46.4 Å². The smallest absolute Gasteiger partial charge is 0.226 e. The first-order valence-corrected chi connectivity index (χ1v) is 12.1. The van der Waals surface area contributed by atoms with Crippen molar-refractivity contribution in [3.05, 3.63) is 51.3 Å². The van der Waals surface area contributed by atoms with E-state index in [1.807, 2.05) is 0 Å². The van der Waals surface area contributed by atoms with Gasteiger partial charge in [-0.05, 0) is 43.7 Å². The van der Waals surface area contributed by atoms with Crippen LogP contribution in [0.15, 0.2) is 34.6 Å². The van der Waals surface area contributed by atoms with Gasteiger partial charge >= 0.3 is 0 Å². The van der Waals surface area contributed by atoms with Gasteiger partial charge in [-0.15, -0.1) is 23.7 Å². The van der Waals surface area contributed by atoms with E-state index >= 15 is 0 Å². The van der Waals surface area contributed by atoms with Crippen molar-refractivity contribution in [1.82, 2.24) is 9.88 Å². The van der Waals surface area contributed by atoms with E-state index in [2.05, 4.69) is 53.4 Å². The van der Waals surface area contributed by atoms with Crippen LogP contribution in [0, 0.1) is 0 Å². The van der Waals surface area contributed by atoms with Crippen LogP contribution in [0.5, 0.6) is 0 Å². The summed E-state index contributed by atoms with van der Waals surface area (Å²) in [5.41, 5.74) is 3.60. The Morgan fingerprint density at radius 1 is 1.13 bits per heavy atom. The molecular weight excluding hydrogens is 414 g/mol. The molecule has 0 saturated heterocycles. The standard InChI is InChI=1S/C24H35N3OS.ClH/c1-3-5-9-19-12-14-20(15-13-19)17-25-23(28)16-22-18-29-24(27(22)4-2)26-21-10-7-6-8-11-21;/h12-15,18,21H,3-11,16-17H2,1-2H3,(H,25,28);1H. The Hall–Kier alpha value is -1.59. The molecule has 166 valence electrons. The minimum absolute atomic E-state index is 0. The quantitative estimate of drug-likeness (QED) is 0.545. The van der Waals surface area contributed by atoms with Gasteiger partial charge in [0.05, 0.1) is 12.5 Å². The SMILES string of the molecule is CCCCc1ccc(CNC(=O)Cc2csc(=NC3CCCCC3)n2CC)cc1.Cl. The highest BCUT2D eigenvalue weighted by Gasteiger charge is 2.14. The van der Waals surface area contributed by atoms with E-state index in [0.29, 0.717) is 19.0 Å². The number of thiazole rings is 1. The van der Waals surface area contributed by atoms with Crippen LogP contribution < -0.4 is 10.1 Å². The number of amides is 1. The van der Waals surface area contributed by atoms with E-state index in [-0.39, 0.29) is 18.3 Å². The molecule has 4 nitrogen and oxygen atoms in total. The molecule has 0 bridgehead atoms. The maximum absolute atomic E-state index is 12.5. The second-order valence-electron chi connectivity index (χ2n) is 8.05. The normalized spacial score (nSPS) is 15.1. The monoisotopic (exact) mass is 449 g/mol. The number of halogens is 1. The van der Waals surface area contributed by atoms with Gasteiger partial charge in [0.1, 0.15) is 0 Å². The maximum Gasteiger partial charge on any atom is 0.226 e. The Bertz CT molecular complexity index is 835. The number of benzene rings is 1. The number of unbranched alkanes of at least 4 members (excludes halogenated alkanes) is 1. The lowest BCUT2D eigenvalue weighted by Crippen LogP contribution is -2.27. The van der Waals surface area contributed by atoms with Crippen molar-refractivity contribution < 1.29 is 4.79 Å². The predicted molar refractivity (Wildman–Crippen MR) is 128 cm³/mol. The maximum atomic E-state index is 12.5. The number of hydrogen-bond donors (Lipinski definition) is 1. The van der Waals surface area contributed by atoms with Gasteiger partial charge in [-0.1, -0.05) is 56.9 Å². The summed E-state index contributed by atoms with van der Waals surface area (Å²) in [6.07, 6.45) is 10.3. The first-order chi connectivity index (χ1) is 14.2. The number of nitrogens with zero attached hydrogens (tertiary/aromatic N) is 2. The summed E-state index contributed by atoms with van der Waals surface area (Å²) in [4.78, 5) is 18.6. The van der Waals surface area contributed by atoms with Gasteiger partial charge in [0.25, 0.3) is 0 Å². The zero-order chi connectivity index (χ0) is 20.5. The van der Waals surface area contributed by atoms with Crippen LogP contribution in [-0.2, 0) is 30.7 Å². The van der Waals surface area contributed by atoms with Crippen LogP contribution in [0.3, 0.4) is 0 Å². The average molecular weight is 450 g/mol. The summed E-state index contributed by atoms with van der Waals surface area (Å²) in [5.74, 6) is 0.0734. The highest BCUT2D eigenvalue weighted by molar-refractivity contribution is 7.07. The second-order valence-corrected chi connectivity index (χ2v) is 8.88. The third kappa shape index (κ3) is 7.28. The van der Waals surface area contributed by atoms with E-state index in [0.717, 1.165) is 29.0 Å². The molecule has 1 heterocycles. The van der Waals surface area contributed by atoms with Gasteiger partial charge in [-0.25, -0.2) is 0 Å². The number of aryl methyl sites for hydroxylation is 1. The number of hydrogen-bond acceptors (Lipinski definition) is 3. The number of carbonyl (C=O) groups excluding carboxylic acids is 1. The van der Waals surface area contributed by atoms with Crippen LogP contribution in [0.1, 0.15) is 75.6 Å². The Balaban J connectivity index is 0.00000320. The highest BCUT2D eigenvalue weighted by atomic mass is 35.5. The van der Waals surface area contributed by atoms with E-state index in [1.165, 1.54) is 50.5 Å². The van der Waals surface area contributed by atoms with Crippen LogP contribution in [0.25, 0.3) is 0 Å². The number of rotatable bonds is 9. The highest BCUT2D eigenvalue weighted by Crippen LogP contribution is 2.20. The Labute approximate surface area is 191 Å². The van der Waals surface area contributed by atoms with Crippen molar-refractivity contribution in [2.24, 2.45) is 4.99 Å². The zero-order valence-corrected chi connectivity index (χ0v) is 20.0. The molecule has 1 aliphatic carbocycles. The molecule has 1 fully saturated rings. The van der Waals surface area contributed by atoms with E-state index < -0.39 is 0 Å². The number of carbonyl (C=O) groups is 1. The molecule has 6 heteroatoms. The van der Waals surface area contributed by atoms with Gasteiger partial charge in [-0.2, -0.15) is 0 Å². The lowest BCUT2D eigenvalue weighted by Gasteiger charge is -2.17. The molecule has 30 heavy (non-hydrogen) atoms. The second kappa shape index (κ2) is 13.0. The summed E-state index contributed by atoms with van der Waals surface area (Å²) in [5, 5.41) is 5.18. The summed E-state index contributed by atoms with van der Waals surface area (Å²) >= 11 is 1.68. The lowest BCUT2D eigenvalue weighted by atomic mass is 9.96. The molecular formula is C24H36ClN3OS. The fourth-order valence-electron chi connectivity index (χ4n) is 3.95. The largest absolute Gasteiger partial charge is 0.352 e. The predicted octanol–water partition coefficient (Wildman–Crippen LogP) is 5.43. The molecule has 1 saturated carbocycles. The van der Waals surface area contributed by atoms with E-state index in [9.17, 15) is 4.79 Å². The third-order valence-corrected chi connectivity index (χ3v) is 6.66. The van der Waals surface area contributed by atoms with Crippen molar-refractivity contribution in [3.63, 3.8) is 0 Å². The minimum Gasteiger partial charge on any atom is -0.352 e. The van der Waals surface area contributed by atoms with Gasteiger partial charge in [0, 0.05) is 24.2 Å². The molecule has 0 radical (unpaired) electrons. The molecule has 0 atom stereocenters. The molecule has 1 aromatic carbocycles. The summed E-state index contributed by atoms with van der Waals surface area (Å²) in [6, 6.07) is 9.08. The van der Waals surface area contributed by atoms with Crippen molar-refractivity contribution in [2.45, 2.75) is 90.8 Å². The van der Waals surface area contributed by atoms with Crippen molar-refractivity contribution in [3.8, 4) is 0 Å². The van der Waals surface area contributed by atoms with Crippen LogP contribution >= 0.6 is 23.7 Å². The minimum atomic E-state index is 0. The van der Waals surface area contributed by atoms with Gasteiger partial charge < -0.3 is 9.88 Å². The molecule has 3 rings (SSSR count). The van der Waals surface area contributed by atoms with Crippen LogP contribution in [-0.4, -0.2) is 16.5 Å². The molecule has 1 aromatic heterocycles. The van der Waals surface area contributed by atoms with E-state index in [1.54, 1.807) is 11.3 Å². The Morgan fingerprint density at radius 2 is 1.83 bits per heavy atom. The molecule has 1 N–H and O–H groups in total. The fourth-order valence-corrected chi connectivity index (χ4v) is 4.98. The summed E-state index contributed by atoms with van der Waals surface area (Å²) in [6.45, 7) is 5.79. The van der Waals surface area contributed by atoms with Crippen LogP contribution in [0.4, 0.5) is 0 Å². The first kappa shape index (κ1) is 24.7. The summed E-state index contributed by atoms with van der Waals surface area (Å²) in [7, 11) is 0. The Kier molecular flexibility index (Phi) is 10.7. The molecule has 0 aliphatic heterocycles. The molecule has 1 amide bonds. The first-order valence-electron chi connectivity index (χ1n) is 11.2. The van der Waals surface area contributed by atoms with Gasteiger partial charge in [-0.3, -0.25) is 9.79 Å². The van der Waals surface area contributed by atoms with Crippen LogP contribution in [0.2, 0.25) is 0 Å². The fraction of sp³-hybridized carbons (Fsp3) is 0.583. The Morgan fingerprint density at radius 3 is 2.50 bits per heavy atom. The number of aromatic nitrogens is 1. The molecule has 0 spiro atoms. The van der Waals surface area contributed by atoms with Crippen molar-refractivity contribution in [1.29, 1.82) is 0 Å². The van der Waals surface area contributed by atoms with E-state index in [4.69, 9.17) is 4.99 Å². The lowest BCUT2D eigenvalue weighted by molar-refractivity contribution is -0.120. The van der Waals surface area contributed by atoms with Gasteiger partial charge in [0.2, 0.25) is 5.91 Å². The third-order valence-electron chi connectivity index (χ3n) is 5.74. The molecule has 1 aliphatic rings. The van der Waals surface area contributed by atoms with Gasteiger partial charge in [0.15, 0.2) is 4.80 Å². The van der Waals surface area contributed by atoms with Crippen molar-refractivity contribution in [2.75, 3.05) is 0 Å². The zero-order valence-electron chi connectivity index (χ0n) is 18.4. The number of nitrogens with one attached hydrogen (secondary N) is 1. The average Bonchev–Trinajstić information content (AvgIpc) is 3.13. The molecule has 0 unspecified atom stereocenters. The summed E-state index contributed by atoms with van der Waals surface area (Å²) < 4.78 is 2.21.